The number of benzene rings is 1. The second-order valence-electron chi connectivity index (χ2n) is 3.61. The summed E-state index contributed by atoms with van der Waals surface area (Å²) < 4.78 is 35.6. The van der Waals surface area contributed by atoms with E-state index in [1.807, 2.05) is 13.8 Å². The zero-order valence-corrected chi connectivity index (χ0v) is 9.23. The molecule has 4 heteroatoms. The highest BCUT2D eigenvalue weighted by Gasteiger charge is 2.16. The zero-order valence-electron chi connectivity index (χ0n) is 8.41. The Bertz CT molecular complexity index is 435. The van der Waals surface area contributed by atoms with Crippen LogP contribution in [0.3, 0.4) is 0 Å². The van der Waals surface area contributed by atoms with E-state index in [9.17, 15) is 12.8 Å². The zero-order chi connectivity index (χ0) is 10.9. The van der Waals surface area contributed by atoms with Gasteiger partial charge in [0.15, 0.2) is 9.84 Å². The van der Waals surface area contributed by atoms with Crippen molar-refractivity contribution in [2.24, 2.45) is 0 Å². The number of sulfone groups is 1. The lowest BCUT2D eigenvalue weighted by atomic mass is 10.0. The van der Waals surface area contributed by atoms with Gasteiger partial charge in [-0.05, 0) is 23.6 Å². The SMILES string of the molecule is CC(C)c1ccc(F)cc1S(C)(=O)=O. The standard InChI is InChI=1S/C10H13FO2S/c1-7(2)9-5-4-8(11)6-10(9)14(3,12)13/h4-7H,1-3H3. The van der Waals surface area contributed by atoms with Crippen molar-refractivity contribution in [3.05, 3.63) is 29.6 Å². The average Bonchev–Trinajstić information content (AvgIpc) is 2.01. The Hall–Kier alpha value is -0.900. The molecule has 0 saturated heterocycles. The molecule has 1 aromatic carbocycles. The molecule has 0 fully saturated rings. The highest BCUT2D eigenvalue weighted by Crippen LogP contribution is 2.24. The van der Waals surface area contributed by atoms with E-state index >= 15 is 0 Å². The second-order valence-corrected chi connectivity index (χ2v) is 5.59. The van der Waals surface area contributed by atoms with E-state index in [0.29, 0.717) is 5.56 Å². The van der Waals surface area contributed by atoms with Gasteiger partial charge in [0, 0.05) is 6.26 Å². The Balaban J connectivity index is 3.46. The molecule has 0 heterocycles. The minimum absolute atomic E-state index is 0.0697. The van der Waals surface area contributed by atoms with Gasteiger partial charge in [-0.3, -0.25) is 0 Å². The fraction of sp³-hybridized carbons (Fsp3) is 0.400. The summed E-state index contributed by atoms with van der Waals surface area (Å²) in [4.78, 5) is 0.0903. The van der Waals surface area contributed by atoms with E-state index in [1.54, 1.807) is 0 Å². The summed E-state index contributed by atoms with van der Waals surface area (Å²) in [5.41, 5.74) is 0.661. The van der Waals surface area contributed by atoms with Crippen LogP contribution >= 0.6 is 0 Å². The van der Waals surface area contributed by atoms with E-state index < -0.39 is 15.7 Å². The van der Waals surface area contributed by atoms with Gasteiger partial charge >= 0.3 is 0 Å². The first-order chi connectivity index (χ1) is 6.32. The molecule has 78 valence electrons. The molecule has 0 saturated carbocycles. The van der Waals surface area contributed by atoms with Crippen LogP contribution in [-0.4, -0.2) is 14.7 Å². The highest BCUT2D eigenvalue weighted by atomic mass is 32.2. The fourth-order valence-electron chi connectivity index (χ4n) is 1.31. The first-order valence-corrected chi connectivity index (χ1v) is 6.21. The largest absolute Gasteiger partial charge is 0.224 e. The van der Waals surface area contributed by atoms with Crippen molar-refractivity contribution in [3.63, 3.8) is 0 Å². The van der Waals surface area contributed by atoms with Crippen molar-refractivity contribution in [1.29, 1.82) is 0 Å². The molecule has 0 aliphatic rings. The maximum absolute atomic E-state index is 12.9. The van der Waals surface area contributed by atoms with Crippen LogP contribution < -0.4 is 0 Å². The molecule has 14 heavy (non-hydrogen) atoms. The third-order valence-corrected chi connectivity index (χ3v) is 3.15. The lowest BCUT2D eigenvalue weighted by Crippen LogP contribution is -2.04. The van der Waals surface area contributed by atoms with Crippen LogP contribution in [0.1, 0.15) is 25.3 Å². The normalized spacial score (nSPS) is 12.1. The van der Waals surface area contributed by atoms with Crippen LogP contribution in [0.2, 0.25) is 0 Å². The smallest absolute Gasteiger partial charge is 0.175 e. The quantitative estimate of drug-likeness (QED) is 0.760. The van der Waals surface area contributed by atoms with Crippen LogP contribution in [0, 0.1) is 5.82 Å². The number of hydrogen-bond donors (Lipinski definition) is 0. The Labute approximate surface area is 83.7 Å². The molecular weight excluding hydrogens is 203 g/mol. The van der Waals surface area contributed by atoms with Crippen molar-refractivity contribution < 1.29 is 12.8 Å². The van der Waals surface area contributed by atoms with Crippen molar-refractivity contribution in [1.82, 2.24) is 0 Å². The molecule has 0 bridgehead atoms. The molecule has 0 unspecified atom stereocenters. The molecule has 0 atom stereocenters. The van der Waals surface area contributed by atoms with Crippen LogP contribution in [0.5, 0.6) is 0 Å². The van der Waals surface area contributed by atoms with Gasteiger partial charge in [-0.15, -0.1) is 0 Å². The summed E-state index contributed by atoms with van der Waals surface area (Å²) in [7, 11) is -3.34. The van der Waals surface area contributed by atoms with Crippen molar-refractivity contribution in [3.8, 4) is 0 Å². The minimum Gasteiger partial charge on any atom is -0.224 e. The molecule has 1 rings (SSSR count). The van der Waals surface area contributed by atoms with Gasteiger partial charge in [-0.1, -0.05) is 19.9 Å². The fourth-order valence-corrected chi connectivity index (χ4v) is 2.36. The summed E-state index contributed by atoms with van der Waals surface area (Å²) >= 11 is 0. The third kappa shape index (κ3) is 2.32. The van der Waals surface area contributed by atoms with Crippen molar-refractivity contribution >= 4 is 9.84 Å². The summed E-state index contributed by atoms with van der Waals surface area (Å²) in [5.74, 6) is -0.449. The van der Waals surface area contributed by atoms with Crippen LogP contribution in [0.4, 0.5) is 4.39 Å². The van der Waals surface area contributed by atoms with Crippen LogP contribution in [-0.2, 0) is 9.84 Å². The summed E-state index contributed by atoms with van der Waals surface area (Å²) in [6.07, 6.45) is 1.09. The molecule has 0 spiro atoms. The van der Waals surface area contributed by atoms with Gasteiger partial charge in [-0.25, -0.2) is 12.8 Å². The molecule has 2 nitrogen and oxygen atoms in total. The monoisotopic (exact) mass is 216 g/mol. The maximum atomic E-state index is 12.9. The second kappa shape index (κ2) is 3.69. The van der Waals surface area contributed by atoms with Crippen LogP contribution in [0.15, 0.2) is 23.1 Å². The first-order valence-electron chi connectivity index (χ1n) is 4.32. The van der Waals surface area contributed by atoms with Gasteiger partial charge < -0.3 is 0 Å². The Kier molecular flexibility index (Phi) is 2.95. The molecule has 0 aromatic heterocycles. The van der Waals surface area contributed by atoms with Gasteiger partial charge in [0.2, 0.25) is 0 Å². The summed E-state index contributed by atoms with van der Waals surface area (Å²) in [5, 5.41) is 0. The lowest BCUT2D eigenvalue weighted by Gasteiger charge is -2.10. The topological polar surface area (TPSA) is 34.1 Å². The van der Waals surface area contributed by atoms with E-state index in [1.165, 1.54) is 12.1 Å². The van der Waals surface area contributed by atoms with E-state index in [0.717, 1.165) is 12.3 Å². The molecule has 0 amide bonds. The Morgan fingerprint density at radius 1 is 1.29 bits per heavy atom. The van der Waals surface area contributed by atoms with Crippen LogP contribution in [0.25, 0.3) is 0 Å². The number of rotatable bonds is 2. The Morgan fingerprint density at radius 3 is 2.29 bits per heavy atom. The van der Waals surface area contributed by atoms with Gasteiger partial charge in [0.05, 0.1) is 4.90 Å². The predicted octanol–water partition coefficient (Wildman–Crippen LogP) is 2.35. The first kappa shape index (κ1) is 11.2. The molecule has 0 radical (unpaired) electrons. The van der Waals surface area contributed by atoms with Gasteiger partial charge in [0.25, 0.3) is 0 Å². The molecular formula is C10H13FO2S. The molecule has 0 aliphatic heterocycles. The van der Waals surface area contributed by atoms with E-state index in [-0.39, 0.29) is 10.8 Å². The summed E-state index contributed by atoms with van der Waals surface area (Å²) in [6, 6.07) is 3.88. The maximum Gasteiger partial charge on any atom is 0.175 e. The number of hydrogen-bond acceptors (Lipinski definition) is 2. The highest BCUT2D eigenvalue weighted by molar-refractivity contribution is 7.90. The van der Waals surface area contributed by atoms with Crippen molar-refractivity contribution in [2.75, 3.05) is 6.26 Å². The van der Waals surface area contributed by atoms with E-state index in [4.69, 9.17) is 0 Å². The van der Waals surface area contributed by atoms with Crippen molar-refractivity contribution in [2.45, 2.75) is 24.7 Å². The number of halogens is 1. The van der Waals surface area contributed by atoms with Gasteiger partial charge in [0.1, 0.15) is 5.82 Å². The Morgan fingerprint density at radius 2 is 1.86 bits per heavy atom. The third-order valence-electron chi connectivity index (χ3n) is 2.00. The molecule has 0 N–H and O–H groups in total. The molecule has 0 aliphatic carbocycles. The van der Waals surface area contributed by atoms with E-state index in [2.05, 4.69) is 0 Å². The summed E-state index contributed by atoms with van der Waals surface area (Å²) in [6.45, 7) is 3.75. The van der Waals surface area contributed by atoms with Gasteiger partial charge in [-0.2, -0.15) is 0 Å². The molecule has 1 aromatic rings. The average molecular weight is 216 g/mol. The minimum atomic E-state index is -3.34. The predicted molar refractivity (Wildman–Crippen MR) is 53.6 cm³/mol. The lowest BCUT2D eigenvalue weighted by molar-refractivity contribution is 0.592.